The second-order valence-electron chi connectivity index (χ2n) is 6.08. The minimum atomic E-state index is -0.583. The topological polar surface area (TPSA) is 77.2 Å². The van der Waals surface area contributed by atoms with Gasteiger partial charge < -0.3 is 14.6 Å². The third kappa shape index (κ3) is 3.87. The molecule has 0 aliphatic heterocycles. The maximum absolute atomic E-state index is 12.4. The summed E-state index contributed by atoms with van der Waals surface area (Å²) in [6, 6.07) is 6.90. The lowest BCUT2D eigenvalue weighted by Crippen LogP contribution is -2.49. The lowest BCUT2D eigenvalue weighted by molar-refractivity contribution is -0.126. The van der Waals surface area contributed by atoms with Crippen molar-refractivity contribution in [2.45, 2.75) is 44.6 Å². The molecule has 0 bridgehead atoms. The highest BCUT2D eigenvalue weighted by Crippen LogP contribution is 2.36. The first kappa shape index (κ1) is 16.8. The quantitative estimate of drug-likeness (QED) is 0.895. The van der Waals surface area contributed by atoms with E-state index in [4.69, 9.17) is 20.9 Å². The second-order valence-corrected chi connectivity index (χ2v) is 6.52. The third-order valence-electron chi connectivity index (χ3n) is 4.21. The summed E-state index contributed by atoms with van der Waals surface area (Å²) >= 11 is 5.83. The fourth-order valence-corrected chi connectivity index (χ4v) is 3.15. The molecule has 1 N–H and O–H groups in total. The molecule has 3 rings (SSSR count). The lowest BCUT2D eigenvalue weighted by atomic mass is 9.81. The monoisotopic (exact) mass is 349 g/mol. The number of benzene rings is 1. The van der Waals surface area contributed by atoms with Crippen molar-refractivity contribution in [2.24, 2.45) is 0 Å². The zero-order valence-corrected chi connectivity index (χ0v) is 14.3. The standard InChI is InChI=1S/C17H20ClN3O3/c1-12-19-16(24-21-12)17(9-3-2-4-10-17)20-15(22)11-23-14-7-5-13(18)6-8-14/h5-8H,2-4,9-11H2,1H3,(H,20,22). The minimum Gasteiger partial charge on any atom is -0.484 e. The van der Waals surface area contributed by atoms with E-state index in [1.165, 1.54) is 0 Å². The van der Waals surface area contributed by atoms with E-state index in [9.17, 15) is 4.79 Å². The number of nitrogens with one attached hydrogen (secondary N) is 1. The van der Waals surface area contributed by atoms with E-state index in [0.29, 0.717) is 22.5 Å². The first-order chi connectivity index (χ1) is 11.6. The molecular weight excluding hydrogens is 330 g/mol. The van der Waals surface area contributed by atoms with Crippen LogP contribution in [0.15, 0.2) is 28.8 Å². The van der Waals surface area contributed by atoms with Gasteiger partial charge in [-0.1, -0.05) is 36.0 Å². The number of ether oxygens (including phenoxy) is 1. The molecule has 1 fully saturated rings. The van der Waals surface area contributed by atoms with Gasteiger partial charge in [-0.25, -0.2) is 0 Å². The average Bonchev–Trinajstić information content (AvgIpc) is 3.02. The molecule has 24 heavy (non-hydrogen) atoms. The molecule has 7 heteroatoms. The fourth-order valence-electron chi connectivity index (χ4n) is 3.02. The Bertz CT molecular complexity index is 693. The smallest absolute Gasteiger partial charge is 0.258 e. The van der Waals surface area contributed by atoms with Crippen molar-refractivity contribution < 1.29 is 14.1 Å². The van der Waals surface area contributed by atoms with Crippen LogP contribution in [0.2, 0.25) is 5.02 Å². The number of hydrogen-bond acceptors (Lipinski definition) is 5. The van der Waals surface area contributed by atoms with Gasteiger partial charge in [-0.2, -0.15) is 4.98 Å². The highest BCUT2D eigenvalue weighted by molar-refractivity contribution is 6.30. The summed E-state index contributed by atoms with van der Waals surface area (Å²) in [7, 11) is 0. The summed E-state index contributed by atoms with van der Waals surface area (Å²) in [5, 5.41) is 7.55. The zero-order chi connectivity index (χ0) is 17.0. The van der Waals surface area contributed by atoms with Gasteiger partial charge in [0.15, 0.2) is 12.4 Å². The number of carbonyl (C=O) groups excluding carboxylic acids is 1. The molecule has 2 aromatic rings. The van der Waals surface area contributed by atoms with Crippen LogP contribution in [0, 0.1) is 6.92 Å². The summed E-state index contributed by atoms with van der Waals surface area (Å²) in [6.07, 6.45) is 4.76. The van der Waals surface area contributed by atoms with Crippen LogP contribution in [0.3, 0.4) is 0 Å². The predicted molar refractivity (Wildman–Crippen MR) is 88.9 cm³/mol. The number of hydrogen-bond donors (Lipinski definition) is 1. The van der Waals surface area contributed by atoms with E-state index in [-0.39, 0.29) is 12.5 Å². The van der Waals surface area contributed by atoms with E-state index < -0.39 is 5.54 Å². The van der Waals surface area contributed by atoms with Gasteiger partial charge in [0.25, 0.3) is 11.8 Å². The Morgan fingerprint density at radius 1 is 1.29 bits per heavy atom. The van der Waals surface area contributed by atoms with E-state index in [0.717, 1.165) is 32.1 Å². The van der Waals surface area contributed by atoms with Gasteiger partial charge in [0.1, 0.15) is 11.3 Å². The van der Waals surface area contributed by atoms with Gasteiger partial charge in [-0.05, 0) is 44.0 Å². The van der Waals surface area contributed by atoms with Crippen LogP contribution in [0.1, 0.15) is 43.8 Å². The number of carbonyl (C=O) groups is 1. The number of amides is 1. The van der Waals surface area contributed by atoms with E-state index >= 15 is 0 Å². The van der Waals surface area contributed by atoms with Crippen LogP contribution in [0.4, 0.5) is 0 Å². The van der Waals surface area contributed by atoms with Gasteiger partial charge >= 0.3 is 0 Å². The normalized spacial score (nSPS) is 16.6. The number of nitrogens with zero attached hydrogens (tertiary/aromatic N) is 2. The molecule has 6 nitrogen and oxygen atoms in total. The molecule has 0 radical (unpaired) electrons. The minimum absolute atomic E-state index is 0.0729. The van der Waals surface area contributed by atoms with Gasteiger partial charge in [0.05, 0.1) is 0 Å². The highest BCUT2D eigenvalue weighted by Gasteiger charge is 2.40. The summed E-state index contributed by atoms with van der Waals surface area (Å²) in [5.41, 5.74) is -0.583. The van der Waals surface area contributed by atoms with Gasteiger partial charge in [0.2, 0.25) is 0 Å². The summed E-state index contributed by atoms with van der Waals surface area (Å²) in [6.45, 7) is 1.70. The van der Waals surface area contributed by atoms with E-state index in [2.05, 4.69) is 15.5 Å². The summed E-state index contributed by atoms with van der Waals surface area (Å²) < 4.78 is 10.9. The van der Waals surface area contributed by atoms with Crippen LogP contribution in [-0.4, -0.2) is 22.7 Å². The summed E-state index contributed by atoms with van der Waals surface area (Å²) in [5.74, 6) is 1.45. The first-order valence-electron chi connectivity index (χ1n) is 8.08. The maximum Gasteiger partial charge on any atom is 0.258 e. The molecule has 0 unspecified atom stereocenters. The fraction of sp³-hybridized carbons (Fsp3) is 0.471. The van der Waals surface area contributed by atoms with Crippen molar-refractivity contribution in [3.8, 4) is 5.75 Å². The maximum atomic E-state index is 12.4. The highest BCUT2D eigenvalue weighted by atomic mass is 35.5. The van der Waals surface area contributed by atoms with Gasteiger partial charge in [-0.15, -0.1) is 0 Å². The molecule has 1 saturated carbocycles. The molecule has 1 heterocycles. The van der Waals surface area contributed by atoms with Crippen molar-refractivity contribution in [2.75, 3.05) is 6.61 Å². The molecule has 0 saturated heterocycles. The van der Waals surface area contributed by atoms with Crippen molar-refractivity contribution in [1.82, 2.24) is 15.5 Å². The van der Waals surface area contributed by atoms with Crippen molar-refractivity contribution in [3.63, 3.8) is 0 Å². The van der Waals surface area contributed by atoms with E-state index in [1.807, 2.05) is 0 Å². The second kappa shape index (κ2) is 7.21. The molecule has 0 atom stereocenters. The number of rotatable bonds is 5. The molecule has 1 aliphatic carbocycles. The van der Waals surface area contributed by atoms with E-state index in [1.54, 1.807) is 31.2 Å². The Hall–Kier alpha value is -2.08. The number of aromatic nitrogens is 2. The Labute approximate surface area is 145 Å². The van der Waals surface area contributed by atoms with Crippen LogP contribution >= 0.6 is 11.6 Å². The van der Waals surface area contributed by atoms with Crippen LogP contribution in [-0.2, 0) is 10.3 Å². The summed E-state index contributed by atoms with van der Waals surface area (Å²) in [4.78, 5) is 16.7. The Balaban J connectivity index is 1.66. The first-order valence-corrected chi connectivity index (χ1v) is 8.45. The van der Waals surface area contributed by atoms with Crippen LogP contribution in [0.25, 0.3) is 0 Å². The average molecular weight is 350 g/mol. The van der Waals surface area contributed by atoms with Crippen LogP contribution < -0.4 is 10.1 Å². The lowest BCUT2D eigenvalue weighted by Gasteiger charge is -2.34. The molecule has 1 amide bonds. The van der Waals surface area contributed by atoms with Crippen molar-refractivity contribution in [1.29, 1.82) is 0 Å². The SMILES string of the molecule is Cc1noc(C2(NC(=O)COc3ccc(Cl)cc3)CCCCC2)n1. The molecule has 1 aliphatic rings. The Morgan fingerprint density at radius 3 is 2.62 bits per heavy atom. The predicted octanol–water partition coefficient (Wildman–Crippen LogP) is 3.39. The molecular formula is C17H20ClN3O3. The van der Waals surface area contributed by atoms with Gasteiger partial charge in [-0.3, -0.25) is 4.79 Å². The Kier molecular flexibility index (Phi) is 5.04. The van der Waals surface area contributed by atoms with Crippen LogP contribution in [0.5, 0.6) is 5.75 Å². The third-order valence-corrected chi connectivity index (χ3v) is 4.46. The molecule has 0 spiro atoms. The van der Waals surface area contributed by atoms with Gasteiger partial charge in [0, 0.05) is 5.02 Å². The molecule has 128 valence electrons. The van der Waals surface area contributed by atoms with Crippen molar-refractivity contribution >= 4 is 17.5 Å². The number of halogens is 1. The number of aryl methyl sites for hydroxylation is 1. The van der Waals surface area contributed by atoms with Crippen molar-refractivity contribution in [3.05, 3.63) is 41.0 Å². The Morgan fingerprint density at radius 2 is 2.00 bits per heavy atom. The molecule has 1 aromatic carbocycles. The zero-order valence-electron chi connectivity index (χ0n) is 13.5. The largest absolute Gasteiger partial charge is 0.484 e. The molecule has 1 aromatic heterocycles.